The summed E-state index contributed by atoms with van der Waals surface area (Å²) in [5.41, 5.74) is 6.30. The lowest BCUT2D eigenvalue weighted by Crippen LogP contribution is -2.16. The van der Waals surface area contributed by atoms with E-state index in [0.717, 1.165) is 11.4 Å². The lowest BCUT2D eigenvalue weighted by Gasteiger charge is -2.06. The molecule has 0 aliphatic rings. The Morgan fingerprint density at radius 1 is 1.47 bits per heavy atom. The van der Waals surface area contributed by atoms with E-state index in [1.165, 1.54) is 0 Å². The Kier molecular flexibility index (Phi) is 4.28. The van der Waals surface area contributed by atoms with Gasteiger partial charge in [0.05, 0.1) is 7.11 Å². The van der Waals surface area contributed by atoms with E-state index in [0.29, 0.717) is 13.0 Å². The molecule has 0 unspecified atom stereocenters. The molecule has 1 aromatic rings. The molecule has 0 saturated carbocycles. The first-order valence-corrected chi connectivity index (χ1v) is 4.60. The van der Waals surface area contributed by atoms with Crippen molar-refractivity contribution in [3.63, 3.8) is 0 Å². The third-order valence-corrected chi connectivity index (χ3v) is 1.93. The molecule has 1 aromatic carbocycles. The van der Waals surface area contributed by atoms with E-state index in [4.69, 9.17) is 15.7 Å². The third kappa shape index (κ3) is 3.76. The van der Waals surface area contributed by atoms with Gasteiger partial charge in [-0.2, -0.15) is 0 Å². The molecule has 4 N–H and O–H groups in total. The smallest absolute Gasteiger partial charge is 0.140 e. The molecule has 0 radical (unpaired) electrons. The quantitative estimate of drug-likeness (QED) is 0.295. The van der Waals surface area contributed by atoms with E-state index in [1.807, 2.05) is 24.3 Å². The monoisotopic (exact) mass is 209 g/mol. The van der Waals surface area contributed by atoms with Crippen LogP contribution in [0.25, 0.3) is 0 Å². The van der Waals surface area contributed by atoms with Gasteiger partial charge < -0.3 is 21.0 Å². The zero-order valence-corrected chi connectivity index (χ0v) is 8.60. The average Bonchev–Trinajstić information content (AvgIpc) is 2.29. The molecule has 0 saturated heterocycles. The molecular formula is C10H15N3O2. The van der Waals surface area contributed by atoms with Gasteiger partial charge in [0.2, 0.25) is 0 Å². The van der Waals surface area contributed by atoms with Crippen LogP contribution in [0.3, 0.4) is 0 Å². The summed E-state index contributed by atoms with van der Waals surface area (Å²) in [6.07, 6.45) is 0.503. The second-order valence-electron chi connectivity index (χ2n) is 3.00. The summed E-state index contributed by atoms with van der Waals surface area (Å²) in [5.74, 6) is 1.04. The van der Waals surface area contributed by atoms with Crippen molar-refractivity contribution in [2.24, 2.45) is 10.9 Å². The highest BCUT2D eigenvalue weighted by Crippen LogP contribution is 2.14. The summed E-state index contributed by atoms with van der Waals surface area (Å²) in [4.78, 5) is 0. The number of oxime groups is 1. The lowest BCUT2D eigenvalue weighted by molar-refractivity contribution is 0.317. The van der Waals surface area contributed by atoms with Gasteiger partial charge in [-0.3, -0.25) is 0 Å². The average molecular weight is 209 g/mol. The van der Waals surface area contributed by atoms with Crippen molar-refractivity contribution in [2.75, 3.05) is 19.0 Å². The number of nitrogens with two attached hydrogens (primary N) is 1. The number of nitrogens with zero attached hydrogens (tertiary/aromatic N) is 1. The summed E-state index contributed by atoms with van der Waals surface area (Å²) in [6, 6.07) is 7.55. The number of hydrogen-bond acceptors (Lipinski definition) is 4. The number of ether oxygens (including phenoxy) is 1. The van der Waals surface area contributed by atoms with Gasteiger partial charge in [0.1, 0.15) is 11.6 Å². The predicted octanol–water partition coefficient (Wildman–Crippen LogP) is 1.24. The number of hydrogen-bond donors (Lipinski definition) is 3. The van der Waals surface area contributed by atoms with Crippen LogP contribution in [-0.4, -0.2) is 24.7 Å². The SMILES string of the molecule is COc1ccc(NCC/C(N)=N/O)cc1. The zero-order chi connectivity index (χ0) is 11.1. The van der Waals surface area contributed by atoms with Crippen molar-refractivity contribution in [1.29, 1.82) is 0 Å². The summed E-state index contributed by atoms with van der Waals surface area (Å²) < 4.78 is 5.03. The molecule has 0 aliphatic carbocycles. The lowest BCUT2D eigenvalue weighted by atomic mass is 10.3. The number of methoxy groups -OCH3 is 1. The van der Waals surface area contributed by atoms with Crippen LogP contribution in [0.1, 0.15) is 6.42 Å². The number of amidine groups is 1. The largest absolute Gasteiger partial charge is 0.497 e. The normalized spacial score (nSPS) is 11.1. The van der Waals surface area contributed by atoms with Crippen LogP contribution in [-0.2, 0) is 0 Å². The number of benzene rings is 1. The Morgan fingerprint density at radius 2 is 2.13 bits per heavy atom. The minimum absolute atomic E-state index is 0.219. The standard InChI is InChI=1S/C10H15N3O2/c1-15-9-4-2-8(3-5-9)12-7-6-10(11)13-14/h2-5,12,14H,6-7H2,1H3,(H2,11,13). The molecule has 5 heteroatoms. The predicted molar refractivity (Wildman–Crippen MR) is 59.5 cm³/mol. The van der Waals surface area contributed by atoms with Gasteiger partial charge in [-0.05, 0) is 24.3 Å². The summed E-state index contributed by atoms with van der Waals surface area (Å²) >= 11 is 0. The van der Waals surface area contributed by atoms with Gasteiger partial charge in [0.15, 0.2) is 0 Å². The highest BCUT2D eigenvalue weighted by Gasteiger charge is 1.95. The van der Waals surface area contributed by atoms with Crippen molar-refractivity contribution < 1.29 is 9.94 Å². The molecule has 0 fully saturated rings. The molecule has 0 bridgehead atoms. The third-order valence-electron chi connectivity index (χ3n) is 1.93. The molecule has 0 heterocycles. The van der Waals surface area contributed by atoms with Crippen molar-refractivity contribution in [1.82, 2.24) is 0 Å². The molecule has 0 spiro atoms. The van der Waals surface area contributed by atoms with Crippen LogP contribution in [0.4, 0.5) is 5.69 Å². The van der Waals surface area contributed by atoms with Gasteiger partial charge in [-0.1, -0.05) is 5.16 Å². The van der Waals surface area contributed by atoms with Crippen LogP contribution in [0.2, 0.25) is 0 Å². The van der Waals surface area contributed by atoms with Crippen LogP contribution in [0.15, 0.2) is 29.4 Å². The molecule has 0 atom stereocenters. The van der Waals surface area contributed by atoms with E-state index in [-0.39, 0.29) is 5.84 Å². The summed E-state index contributed by atoms with van der Waals surface area (Å²) in [7, 11) is 1.63. The highest BCUT2D eigenvalue weighted by atomic mass is 16.5. The number of anilines is 1. The first kappa shape index (κ1) is 11.2. The fourth-order valence-corrected chi connectivity index (χ4v) is 1.09. The Labute approximate surface area is 88.5 Å². The van der Waals surface area contributed by atoms with Gasteiger partial charge in [0.25, 0.3) is 0 Å². The Bertz CT molecular complexity index is 322. The van der Waals surface area contributed by atoms with Gasteiger partial charge in [-0.25, -0.2) is 0 Å². The molecule has 5 nitrogen and oxygen atoms in total. The van der Waals surface area contributed by atoms with Crippen molar-refractivity contribution >= 4 is 11.5 Å². The second-order valence-corrected chi connectivity index (χ2v) is 3.00. The van der Waals surface area contributed by atoms with E-state index in [9.17, 15) is 0 Å². The topological polar surface area (TPSA) is 79.9 Å². The minimum atomic E-state index is 0.219. The number of nitrogens with one attached hydrogen (secondary N) is 1. The molecule has 0 aromatic heterocycles. The Hall–Kier alpha value is -1.91. The van der Waals surface area contributed by atoms with Crippen molar-refractivity contribution in [2.45, 2.75) is 6.42 Å². The maximum Gasteiger partial charge on any atom is 0.140 e. The van der Waals surface area contributed by atoms with E-state index >= 15 is 0 Å². The van der Waals surface area contributed by atoms with E-state index in [2.05, 4.69) is 10.5 Å². The minimum Gasteiger partial charge on any atom is -0.497 e. The van der Waals surface area contributed by atoms with E-state index in [1.54, 1.807) is 7.11 Å². The highest BCUT2D eigenvalue weighted by molar-refractivity contribution is 5.80. The number of rotatable bonds is 5. The zero-order valence-electron chi connectivity index (χ0n) is 8.60. The molecule has 82 valence electrons. The van der Waals surface area contributed by atoms with Crippen LogP contribution in [0, 0.1) is 0 Å². The summed E-state index contributed by atoms with van der Waals surface area (Å²) in [5, 5.41) is 14.3. The fraction of sp³-hybridized carbons (Fsp3) is 0.300. The van der Waals surface area contributed by atoms with Crippen molar-refractivity contribution in [3.8, 4) is 5.75 Å². The maximum absolute atomic E-state index is 8.32. The second kappa shape index (κ2) is 5.74. The molecule has 1 rings (SSSR count). The molecular weight excluding hydrogens is 194 g/mol. The first-order valence-electron chi connectivity index (χ1n) is 4.60. The Morgan fingerprint density at radius 3 is 2.67 bits per heavy atom. The van der Waals surface area contributed by atoms with Crippen LogP contribution >= 0.6 is 0 Å². The first-order chi connectivity index (χ1) is 7.26. The fourth-order valence-electron chi connectivity index (χ4n) is 1.09. The molecule has 15 heavy (non-hydrogen) atoms. The molecule has 0 amide bonds. The van der Waals surface area contributed by atoms with Gasteiger partial charge in [-0.15, -0.1) is 0 Å². The van der Waals surface area contributed by atoms with Crippen LogP contribution in [0.5, 0.6) is 5.75 Å². The van der Waals surface area contributed by atoms with Gasteiger partial charge >= 0.3 is 0 Å². The van der Waals surface area contributed by atoms with E-state index < -0.39 is 0 Å². The van der Waals surface area contributed by atoms with Gasteiger partial charge in [0, 0.05) is 18.7 Å². The maximum atomic E-state index is 8.32. The molecule has 0 aliphatic heterocycles. The van der Waals surface area contributed by atoms with Crippen LogP contribution < -0.4 is 15.8 Å². The Balaban J connectivity index is 2.38. The van der Waals surface area contributed by atoms with Crippen molar-refractivity contribution in [3.05, 3.63) is 24.3 Å². The summed E-state index contributed by atoms with van der Waals surface area (Å²) in [6.45, 7) is 0.627.